The van der Waals surface area contributed by atoms with E-state index in [2.05, 4.69) is 34.7 Å². The van der Waals surface area contributed by atoms with E-state index in [1.807, 2.05) is 37.4 Å². The quantitative estimate of drug-likeness (QED) is 0.478. The van der Waals surface area contributed by atoms with E-state index in [1.54, 1.807) is 7.11 Å². The predicted octanol–water partition coefficient (Wildman–Crippen LogP) is 4.90. The zero-order valence-corrected chi connectivity index (χ0v) is 18.4. The van der Waals surface area contributed by atoms with Crippen molar-refractivity contribution in [2.45, 2.75) is 25.0 Å². The Bertz CT molecular complexity index is 1070. The van der Waals surface area contributed by atoms with Gasteiger partial charge in [0.25, 0.3) is 5.69 Å². The number of nitro groups is 1. The summed E-state index contributed by atoms with van der Waals surface area (Å²) in [4.78, 5) is 13.1. The summed E-state index contributed by atoms with van der Waals surface area (Å²) in [6, 6.07) is 7.34. The average molecular weight is 461 g/mol. The smallest absolute Gasteiger partial charge is 0.288 e. The fourth-order valence-corrected chi connectivity index (χ4v) is 4.86. The number of hydrogen-bond donors (Lipinski definition) is 0. The maximum Gasteiger partial charge on any atom is 0.288 e. The molecule has 0 aromatic heterocycles. The molecule has 0 saturated carbocycles. The predicted molar refractivity (Wildman–Crippen MR) is 114 cm³/mol. The normalized spacial score (nSPS) is 20.8. The van der Waals surface area contributed by atoms with Gasteiger partial charge in [-0.3, -0.25) is 10.1 Å². The molecule has 2 aliphatic heterocycles. The summed E-state index contributed by atoms with van der Waals surface area (Å²) in [7, 11) is 5.10. The van der Waals surface area contributed by atoms with E-state index < -0.39 is 16.1 Å². The fourth-order valence-electron chi connectivity index (χ4n) is 4.29. The molecule has 0 aliphatic carbocycles. The number of halogens is 1. The standard InChI is InChI=1S/C21H21BrN2O5/c1-20(2)14-10-12(27-4)6-7-15(14)23(3)21(20)9-8-13-18(22)16(24(25)26)11-17(28-5)19(13)29-21/h6-11H,1-5H3. The third kappa shape index (κ3) is 2.48. The van der Waals surface area contributed by atoms with E-state index >= 15 is 0 Å². The summed E-state index contributed by atoms with van der Waals surface area (Å²) in [5.41, 5.74) is 1.35. The molecule has 152 valence electrons. The zero-order valence-electron chi connectivity index (χ0n) is 16.8. The van der Waals surface area contributed by atoms with Gasteiger partial charge in [0.1, 0.15) is 10.2 Å². The van der Waals surface area contributed by atoms with Crippen LogP contribution in [0.4, 0.5) is 11.4 Å². The van der Waals surface area contributed by atoms with Gasteiger partial charge in [0, 0.05) is 18.3 Å². The minimum atomic E-state index is -0.836. The topological polar surface area (TPSA) is 74.1 Å². The zero-order chi connectivity index (χ0) is 21.1. The van der Waals surface area contributed by atoms with Crippen LogP contribution in [-0.2, 0) is 5.41 Å². The monoisotopic (exact) mass is 460 g/mol. The summed E-state index contributed by atoms with van der Waals surface area (Å²) < 4.78 is 17.9. The molecular weight excluding hydrogens is 440 g/mol. The first-order valence-electron chi connectivity index (χ1n) is 9.03. The minimum absolute atomic E-state index is 0.0724. The van der Waals surface area contributed by atoms with Crippen molar-refractivity contribution in [3.63, 3.8) is 0 Å². The van der Waals surface area contributed by atoms with Gasteiger partial charge < -0.3 is 19.1 Å². The first-order valence-corrected chi connectivity index (χ1v) is 9.82. The number of hydrogen-bond acceptors (Lipinski definition) is 6. The lowest BCUT2D eigenvalue weighted by molar-refractivity contribution is -0.385. The SMILES string of the molecule is COc1ccc2c(c1)C(C)(C)C1(C=Cc3c(Br)c([N+](=O)[O-])cc(OC)c3O1)N2C. The van der Waals surface area contributed by atoms with Crippen molar-refractivity contribution in [3.05, 3.63) is 56.1 Å². The number of nitrogens with zero attached hydrogens (tertiary/aromatic N) is 2. The Kier molecular flexibility index (Phi) is 4.31. The molecule has 1 atom stereocenters. The molecule has 0 N–H and O–H groups in total. The van der Waals surface area contributed by atoms with Gasteiger partial charge in [-0.2, -0.15) is 0 Å². The second-order valence-electron chi connectivity index (χ2n) is 7.61. The van der Waals surface area contributed by atoms with Crippen LogP contribution in [0.1, 0.15) is 25.0 Å². The average Bonchev–Trinajstić information content (AvgIpc) is 2.86. The second kappa shape index (κ2) is 6.38. The first-order chi connectivity index (χ1) is 13.7. The molecule has 2 aromatic carbocycles. The van der Waals surface area contributed by atoms with Crippen LogP contribution in [-0.4, -0.2) is 31.9 Å². The maximum absolute atomic E-state index is 11.4. The number of likely N-dealkylation sites (N-methyl/N-ethyl adjacent to an activating group) is 1. The summed E-state index contributed by atoms with van der Waals surface area (Å²) in [6.07, 6.45) is 3.82. The fraction of sp³-hybridized carbons (Fsp3) is 0.333. The minimum Gasteiger partial charge on any atom is -0.497 e. The van der Waals surface area contributed by atoms with E-state index in [0.717, 1.165) is 17.0 Å². The van der Waals surface area contributed by atoms with Crippen molar-refractivity contribution in [1.29, 1.82) is 0 Å². The third-order valence-electron chi connectivity index (χ3n) is 5.98. The van der Waals surface area contributed by atoms with Crippen molar-refractivity contribution in [2.24, 2.45) is 0 Å². The van der Waals surface area contributed by atoms with E-state index in [4.69, 9.17) is 14.2 Å². The Morgan fingerprint density at radius 1 is 1.21 bits per heavy atom. The Labute approximate surface area is 177 Å². The highest BCUT2D eigenvalue weighted by atomic mass is 79.9. The number of methoxy groups -OCH3 is 2. The Morgan fingerprint density at radius 3 is 2.55 bits per heavy atom. The molecule has 2 heterocycles. The van der Waals surface area contributed by atoms with Crippen molar-refractivity contribution in [2.75, 3.05) is 26.2 Å². The molecule has 0 fully saturated rings. The van der Waals surface area contributed by atoms with Crippen LogP contribution in [0.5, 0.6) is 17.2 Å². The number of nitro benzene ring substituents is 1. The lowest BCUT2D eigenvalue weighted by atomic mass is 9.76. The molecule has 0 amide bonds. The van der Waals surface area contributed by atoms with Gasteiger partial charge in [0.05, 0.1) is 30.6 Å². The molecule has 29 heavy (non-hydrogen) atoms. The van der Waals surface area contributed by atoms with Crippen LogP contribution in [0.2, 0.25) is 0 Å². The molecule has 7 nitrogen and oxygen atoms in total. The molecule has 4 rings (SSSR count). The highest BCUT2D eigenvalue weighted by Gasteiger charge is 2.58. The highest BCUT2D eigenvalue weighted by molar-refractivity contribution is 9.10. The lowest BCUT2D eigenvalue weighted by Crippen LogP contribution is -2.58. The number of ether oxygens (including phenoxy) is 3. The van der Waals surface area contributed by atoms with E-state index in [1.165, 1.54) is 13.2 Å². The van der Waals surface area contributed by atoms with Gasteiger partial charge in [0.15, 0.2) is 11.5 Å². The molecule has 0 bridgehead atoms. The summed E-state index contributed by atoms with van der Waals surface area (Å²) >= 11 is 3.36. The Balaban J connectivity index is 1.91. The number of rotatable bonds is 3. The van der Waals surface area contributed by atoms with Gasteiger partial charge in [-0.15, -0.1) is 0 Å². The third-order valence-corrected chi connectivity index (χ3v) is 6.81. The molecule has 1 spiro atoms. The van der Waals surface area contributed by atoms with Crippen molar-refractivity contribution < 1.29 is 19.1 Å². The van der Waals surface area contributed by atoms with Crippen molar-refractivity contribution >= 4 is 33.4 Å². The molecule has 2 aliphatic rings. The molecular formula is C21H21BrN2O5. The summed E-state index contributed by atoms with van der Waals surface area (Å²) in [5, 5.41) is 11.4. The number of anilines is 1. The van der Waals surface area contributed by atoms with Crippen molar-refractivity contribution in [1.82, 2.24) is 0 Å². The second-order valence-corrected chi connectivity index (χ2v) is 8.40. The van der Waals surface area contributed by atoms with Gasteiger partial charge in [-0.05, 0) is 65.7 Å². The maximum atomic E-state index is 11.4. The lowest BCUT2D eigenvalue weighted by Gasteiger charge is -2.46. The van der Waals surface area contributed by atoms with Crippen LogP contribution >= 0.6 is 15.9 Å². The first kappa shape index (κ1) is 19.6. The molecule has 0 saturated heterocycles. The largest absolute Gasteiger partial charge is 0.497 e. The molecule has 0 radical (unpaired) electrons. The number of benzene rings is 2. The van der Waals surface area contributed by atoms with Crippen LogP contribution in [0, 0.1) is 10.1 Å². The summed E-state index contributed by atoms with van der Waals surface area (Å²) in [5.74, 6) is 1.56. The van der Waals surface area contributed by atoms with Gasteiger partial charge in [-0.1, -0.05) is 0 Å². The van der Waals surface area contributed by atoms with E-state index in [9.17, 15) is 10.1 Å². The Morgan fingerprint density at radius 2 is 1.93 bits per heavy atom. The van der Waals surface area contributed by atoms with Crippen LogP contribution in [0.3, 0.4) is 0 Å². The van der Waals surface area contributed by atoms with Gasteiger partial charge >= 0.3 is 0 Å². The summed E-state index contributed by atoms with van der Waals surface area (Å²) in [6.45, 7) is 4.22. The van der Waals surface area contributed by atoms with Crippen molar-refractivity contribution in [3.8, 4) is 17.2 Å². The van der Waals surface area contributed by atoms with Crippen LogP contribution in [0.25, 0.3) is 6.08 Å². The van der Waals surface area contributed by atoms with E-state index in [-0.39, 0.29) is 5.69 Å². The van der Waals surface area contributed by atoms with Gasteiger partial charge in [-0.25, -0.2) is 0 Å². The highest BCUT2D eigenvalue weighted by Crippen LogP contribution is 2.57. The van der Waals surface area contributed by atoms with Crippen LogP contribution in [0.15, 0.2) is 34.8 Å². The molecule has 2 aromatic rings. The Hall–Kier alpha value is -2.74. The van der Waals surface area contributed by atoms with Crippen LogP contribution < -0.4 is 19.1 Å². The van der Waals surface area contributed by atoms with E-state index in [0.29, 0.717) is 21.5 Å². The molecule has 1 unspecified atom stereocenters. The number of fused-ring (bicyclic) bond motifs is 2. The molecule has 8 heteroatoms. The van der Waals surface area contributed by atoms with Gasteiger partial charge in [0.2, 0.25) is 5.72 Å².